The number of piperidine rings is 1. The Kier molecular flexibility index (Phi) is 4.41. The van der Waals surface area contributed by atoms with E-state index in [0.717, 1.165) is 18.8 Å². The molecule has 4 atom stereocenters. The highest BCUT2D eigenvalue weighted by atomic mass is 16.2. The lowest BCUT2D eigenvalue weighted by atomic mass is 9.67. The van der Waals surface area contributed by atoms with E-state index in [1.54, 1.807) is 0 Å². The minimum absolute atomic E-state index is 0.0173. The van der Waals surface area contributed by atoms with Gasteiger partial charge in [-0.05, 0) is 30.6 Å². The minimum Gasteiger partial charge on any atom is -0.296 e. The summed E-state index contributed by atoms with van der Waals surface area (Å²) in [6.45, 7) is 4.41. The molecule has 0 spiro atoms. The van der Waals surface area contributed by atoms with Crippen LogP contribution in [-0.2, 0) is 9.59 Å². The lowest BCUT2D eigenvalue weighted by molar-refractivity contribution is -0.141. The Morgan fingerprint density at radius 2 is 2.06 bits per heavy atom. The molecular formula is C15H25NO2. The van der Waals surface area contributed by atoms with Gasteiger partial charge in [0, 0.05) is 12.3 Å². The van der Waals surface area contributed by atoms with E-state index in [4.69, 9.17) is 0 Å². The number of nitrogens with one attached hydrogen (secondary N) is 1. The molecule has 0 aromatic carbocycles. The van der Waals surface area contributed by atoms with E-state index in [1.165, 1.54) is 25.7 Å². The third-order valence-electron chi connectivity index (χ3n) is 4.72. The molecule has 2 aliphatic rings. The molecule has 3 heteroatoms. The topological polar surface area (TPSA) is 46.2 Å². The molecular weight excluding hydrogens is 226 g/mol. The molecule has 0 bridgehead atoms. The second-order valence-corrected chi connectivity index (χ2v) is 6.21. The van der Waals surface area contributed by atoms with Crippen LogP contribution in [0.3, 0.4) is 0 Å². The van der Waals surface area contributed by atoms with Crippen LogP contribution in [-0.4, -0.2) is 11.8 Å². The number of hydrogen-bond acceptors (Lipinski definition) is 2. The molecule has 2 fully saturated rings. The van der Waals surface area contributed by atoms with Gasteiger partial charge in [0.15, 0.2) is 0 Å². The van der Waals surface area contributed by atoms with Gasteiger partial charge in [0.2, 0.25) is 11.8 Å². The molecule has 18 heavy (non-hydrogen) atoms. The Balaban J connectivity index is 2.10. The second-order valence-electron chi connectivity index (χ2n) is 6.21. The number of carbonyl (C=O) groups is 2. The minimum atomic E-state index is -0.0596. The van der Waals surface area contributed by atoms with Gasteiger partial charge in [-0.15, -0.1) is 0 Å². The van der Waals surface area contributed by atoms with Gasteiger partial charge in [-0.2, -0.15) is 0 Å². The second kappa shape index (κ2) is 5.85. The van der Waals surface area contributed by atoms with Crippen LogP contribution in [0, 0.1) is 23.7 Å². The first-order valence-corrected chi connectivity index (χ1v) is 7.45. The van der Waals surface area contributed by atoms with Gasteiger partial charge in [-0.25, -0.2) is 0 Å². The van der Waals surface area contributed by atoms with Crippen molar-refractivity contribution in [1.82, 2.24) is 5.32 Å². The van der Waals surface area contributed by atoms with Crippen molar-refractivity contribution in [2.45, 2.75) is 58.8 Å². The summed E-state index contributed by atoms with van der Waals surface area (Å²) in [5.74, 6) is 1.63. The number of amides is 2. The predicted octanol–water partition coefficient (Wildman–Crippen LogP) is 2.89. The fraction of sp³-hybridized carbons (Fsp3) is 0.867. The van der Waals surface area contributed by atoms with Crippen LogP contribution in [0.2, 0.25) is 0 Å². The Bertz CT molecular complexity index is 326. The average Bonchev–Trinajstić information content (AvgIpc) is 2.32. The van der Waals surface area contributed by atoms with Crippen molar-refractivity contribution in [1.29, 1.82) is 0 Å². The lowest BCUT2D eigenvalue weighted by Crippen LogP contribution is -2.48. The Hall–Kier alpha value is -0.860. The first kappa shape index (κ1) is 13.6. The summed E-state index contributed by atoms with van der Waals surface area (Å²) in [6.07, 6.45) is 7.48. The number of rotatable bonds is 3. The molecule has 1 saturated carbocycles. The Labute approximate surface area is 110 Å². The molecule has 2 rings (SSSR count). The molecule has 1 aliphatic carbocycles. The van der Waals surface area contributed by atoms with Gasteiger partial charge in [0.1, 0.15) is 0 Å². The van der Waals surface area contributed by atoms with Crippen molar-refractivity contribution in [2.24, 2.45) is 23.7 Å². The van der Waals surface area contributed by atoms with Crippen LogP contribution >= 0.6 is 0 Å². The first-order valence-electron chi connectivity index (χ1n) is 7.45. The number of imide groups is 1. The zero-order valence-electron chi connectivity index (χ0n) is 11.6. The van der Waals surface area contributed by atoms with Crippen LogP contribution in [0.4, 0.5) is 0 Å². The monoisotopic (exact) mass is 251 g/mol. The predicted molar refractivity (Wildman–Crippen MR) is 70.8 cm³/mol. The first-order chi connectivity index (χ1) is 8.61. The quantitative estimate of drug-likeness (QED) is 0.784. The van der Waals surface area contributed by atoms with E-state index in [1.807, 2.05) is 0 Å². The highest BCUT2D eigenvalue weighted by molar-refractivity contribution is 5.99. The summed E-state index contributed by atoms with van der Waals surface area (Å²) in [6, 6.07) is 0. The fourth-order valence-corrected chi connectivity index (χ4v) is 3.85. The van der Waals surface area contributed by atoms with Crippen LogP contribution in [0.1, 0.15) is 58.8 Å². The smallest absolute Gasteiger partial charge is 0.229 e. The molecule has 1 N–H and O–H groups in total. The van der Waals surface area contributed by atoms with Crippen molar-refractivity contribution >= 4 is 11.8 Å². The van der Waals surface area contributed by atoms with E-state index in [2.05, 4.69) is 19.2 Å². The van der Waals surface area contributed by atoms with Crippen LogP contribution in [0.25, 0.3) is 0 Å². The SMILES string of the molecule is CCCC1C(=O)NC(=O)CC1C1CCCC(C)C1. The van der Waals surface area contributed by atoms with Gasteiger partial charge in [0.05, 0.1) is 0 Å². The van der Waals surface area contributed by atoms with E-state index in [-0.39, 0.29) is 17.7 Å². The number of hydrogen-bond donors (Lipinski definition) is 1. The van der Waals surface area contributed by atoms with Crippen LogP contribution in [0.15, 0.2) is 0 Å². The zero-order valence-corrected chi connectivity index (χ0v) is 11.6. The molecule has 102 valence electrons. The summed E-state index contributed by atoms with van der Waals surface area (Å²) >= 11 is 0. The summed E-state index contributed by atoms with van der Waals surface area (Å²) in [7, 11) is 0. The average molecular weight is 251 g/mol. The molecule has 4 unspecified atom stereocenters. The standard InChI is InChI=1S/C15H25NO2/c1-3-5-12-13(9-14(17)16-15(12)18)11-7-4-6-10(2)8-11/h10-13H,3-9H2,1-2H3,(H,16,17,18). The molecule has 2 amide bonds. The summed E-state index contributed by atoms with van der Waals surface area (Å²) in [4.78, 5) is 23.6. The van der Waals surface area contributed by atoms with Crippen molar-refractivity contribution < 1.29 is 9.59 Å². The third-order valence-corrected chi connectivity index (χ3v) is 4.72. The molecule has 1 heterocycles. The molecule has 0 radical (unpaired) electrons. The highest BCUT2D eigenvalue weighted by Crippen LogP contribution is 2.41. The Morgan fingerprint density at radius 3 is 2.72 bits per heavy atom. The molecule has 0 aromatic heterocycles. The fourth-order valence-electron chi connectivity index (χ4n) is 3.85. The largest absolute Gasteiger partial charge is 0.296 e. The van der Waals surface area contributed by atoms with E-state index in [0.29, 0.717) is 18.3 Å². The Morgan fingerprint density at radius 1 is 1.28 bits per heavy atom. The summed E-state index contributed by atoms with van der Waals surface area (Å²) < 4.78 is 0. The van der Waals surface area contributed by atoms with Gasteiger partial charge >= 0.3 is 0 Å². The van der Waals surface area contributed by atoms with Crippen molar-refractivity contribution in [2.75, 3.05) is 0 Å². The molecule has 1 aliphatic heterocycles. The molecule has 3 nitrogen and oxygen atoms in total. The maximum Gasteiger partial charge on any atom is 0.229 e. The van der Waals surface area contributed by atoms with Crippen LogP contribution < -0.4 is 5.32 Å². The van der Waals surface area contributed by atoms with Crippen molar-refractivity contribution in [3.8, 4) is 0 Å². The highest BCUT2D eigenvalue weighted by Gasteiger charge is 2.40. The zero-order chi connectivity index (χ0) is 13.1. The van der Waals surface area contributed by atoms with Crippen molar-refractivity contribution in [3.05, 3.63) is 0 Å². The lowest BCUT2D eigenvalue weighted by Gasteiger charge is -2.39. The normalized spacial score (nSPS) is 37.4. The van der Waals surface area contributed by atoms with Gasteiger partial charge < -0.3 is 0 Å². The van der Waals surface area contributed by atoms with Gasteiger partial charge in [0.25, 0.3) is 0 Å². The molecule has 1 saturated heterocycles. The third kappa shape index (κ3) is 2.93. The van der Waals surface area contributed by atoms with Crippen LogP contribution in [0.5, 0.6) is 0 Å². The van der Waals surface area contributed by atoms with Gasteiger partial charge in [-0.1, -0.05) is 39.5 Å². The molecule has 0 aromatic rings. The van der Waals surface area contributed by atoms with Gasteiger partial charge in [-0.3, -0.25) is 14.9 Å². The number of carbonyl (C=O) groups excluding carboxylic acids is 2. The van der Waals surface area contributed by atoms with E-state index < -0.39 is 0 Å². The van der Waals surface area contributed by atoms with E-state index in [9.17, 15) is 9.59 Å². The maximum absolute atomic E-state index is 12.0. The maximum atomic E-state index is 12.0. The summed E-state index contributed by atoms with van der Waals surface area (Å²) in [5.41, 5.74) is 0. The summed E-state index contributed by atoms with van der Waals surface area (Å²) in [5, 5.41) is 2.52. The van der Waals surface area contributed by atoms with Crippen molar-refractivity contribution in [3.63, 3.8) is 0 Å². The van der Waals surface area contributed by atoms with E-state index >= 15 is 0 Å².